The van der Waals surface area contributed by atoms with Crippen molar-refractivity contribution in [3.63, 3.8) is 0 Å². The quantitative estimate of drug-likeness (QED) is 0.161. The van der Waals surface area contributed by atoms with Crippen LogP contribution in [0.25, 0.3) is 0 Å². The zero-order valence-electron chi connectivity index (χ0n) is 18.6. The Morgan fingerprint density at radius 3 is 1.79 bits per heavy atom. The molecule has 1 unspecified atom stereocenters. The number of allylic oxidation sites excluding steroid dienone is 6. The van der Waals surface area contributed by atoms with Gasteiger partial charge in [-0.15, -0.1) is 0 Å². The van der Waals surface area contributed by atoms with Crippen molar-refractivity contribution in [2.24, 2.45) is 5.92 Å². The summed E-state index contributed by atoms with van der Waals surface area (Å²) in [5.74, 6) is 3.85. The van der Waals surface area contributed by atoms with Crippen LogP contribution in [0.5, 0.6) is 0 Å². The molecule has 0 saturated heterocycles. The van der Waals surface area contributed by atoms with Crippen LogP contribution in [-0.2, 0) is 39.0 Å². The number of rotatable bonds is 6. The van der Waals surface area contributed by atoms with E-state index in [9.17, 15) is 9.59 Å². The van der Waals surface area contributed by atoms with Crippen molar-refractivity contribution in [3.05, 3.63) is 145 Å². The van der Waals surface area contributed by atoms with E-state index in [1.165, 1.54) is 11.1 Å². The van der Waals surface area contributed by atoms with Gasteiger partial charge in [-0.2, -0.15) is 18.2 Å². The fraction of sp³-hybridized carbons (Fsp3) is 0.103. The molecule has 0 saturated carbocycles. The molecule has 0 heterocycles. The summed E-state index contributed by atoms with van der Waals surface area (Å²) >= 11 is 0. The molecule has 1 aliphatic carbocycles. The molecule has 0 aromatic heterocycles. The van der Waals surface area contributed by atoms with Gasteiger partial charge in [0, 0.05) is 16.8 Å². The van der Waals surface area contributed by atoms with Crippen LogP contribution in [0.1, 0.15) is 11.1 Å². The summed E-state index contributed by atoms with van der Waals surface area (Å²) in [5, 5.41) is 0.673. The van der Waals surface area contributed by atoms with Crippen LogP contribution in [-0.4, -0.2) is 11.9 Å². The van der Waals surface area contributed by atoms with E-state index in [0.29, 0.717) is 10.9 Å². The van der Waals surface area contributed by atoms with Gasteiger partial charge < -0.3 is 7.43 Å². The van der Waals surface area contributed by atoms with E-state index in [1.54, 1.807) is 12.2 Å². The normalized spacial score (nSPS) is 13.5. The monoisotopic (exact) mass is 493 g/mol. The zero-order chi connectivity index (χ0) is 21.7. The minimum absolute atomic E-state index is 0. The maximum Gasteiger partial charge on any atom is 2.00 e. The number of hydrogen-bond acceptors (Lipinski definition) is 2. The summed E-state index contributed by atoms with van der Waals surface area (Å²) in [6.45, 7) is 0. The van der Waals surface area contributed by atoms with Crippen molar-refractivity contribution in [2.45, 2.75) is 12.3 Å². The third-order valence-corrected chi connectivity index (χ3v) is 7.42. The molecular weight excluding hydrogens is 466 g/mol. The Balaban J connectivity index is 0.000000689. The molecule has 3 aromatic carbocycles. The van der Waals surface area contributed by atoms with Gasteiger partial charge in [-0.1, -0.05) is 86.8 Å². The van der Waals surface area contributed by atoms with E-state index in [0.717, 1.165) is 12.3 Å². The fourth-order valence-corrected chi connectivity index (χ4v) is 5.86. The minimum Gasteiger partial charge on any atom is -0.358 e. The Labute approximate surface area is 209 Å². The van der Waals surface area contributed by atoms with E-state index < -0.39 is 7.92 Å². The second-order valence-corrected chi connectivity index (χ2v) is 9.25. The van der Waals surface area contributed by atoms with Gasteiger partial charge >= 0.3 is 17.1 Å². The summed E-state index contributed by atoms with van der Waals surface area (Å²) in [7, 11) is -0.824. The van der Waals surface area contributed by atoms with Gasteiger partial charge in [-0.3, -0.25) is 0 Å². The summed E-state index contributed by atoms with van der Waals surface area (Å²) in [6.07, 6.45) is 8.88. The molecule has 0 aliphatic heterocycles. The van der Waals surface area contributed by atoms with Gasteiger partial charge in [0.2, 0.25) is 0 Å². The van der Waals surface area contributed by atoms with E-state index in [-0.39, 0.29) is 30.4 Å². The molecule has 2 nitrogen and oxygen atoms in total. The smallest absolute Gasteiger partial charge is 0.358 e. The topological polar surface area (TPSA) is 34.1 Å². The Bertz CT molecular complexity index is 1030. The summed E-state index contributed by atoms with van der Waals surface area (Å²) in [5.41, 5.74) is 2.88. The van der Waals surface area contributed by atoms with Crippen molar-refractivity contribution in [3.8, 4) is 0 Å². The van der Waals surface area contributed by atoms with Crippen LogP contribution in [0.3, 0.4) is 0 Å². The molecule has 1 aliphatic rings. The molecule has 1 radical (unpaired) electrons. The average molecular weight is 493 g/mol. The first-order chi connectivity index (χ1) is 15.3. The van der Waals surface area contributed by atoms with Crippen molar-refractivity contribution in [2.75, 3.05) is 0 Å². The molecule has 0 spiro atoms. The largest absolute Gasteiger partial charge is 2.00 e. The van der Waals surface area contributed by atoms with Gasteiger partial charge in [0.05, 0.1) is 0 Å². The maximum absolute atomic E-state index is 11.9. The minimum atomic E-state index is -0.824. The first-order valence-electron chi connectivity index (χ1n) is 10.2. The number of hydrogen-bond donors (Lipinski definition) is 0. The van der Waals surface area contributed by atoms with Gasteiger partial charge in [0.15, 0.2) is 0 Å². The standard InChI is InChI=1S/C23H19O2P.C5H5.CH3.Mn/c24-15-21-13-7-8-14-22(21)23(16-25)26(17-19-9-3-1-4-10-19)18-20-11-5-2-6-12-20;1-2-4-5-3-1;;/h1-14,22H,17-18H2;1-5H;1H3;/q;2*-1;+2. The second-order valence-electron chi connectivity index (χ2n) is 7.06. The summed E-state index contributed by atoms with van der Waals surface area (Å²) in [6, 6.07) is 30.3. The van der Waals surface area contributed by atoms with Crippen LogP contribution >= 0.6 is 7.92 Å². The van der Waals surface area contributed by atoms with E-state index >= 15 is 0 Å². The molecule has 0 amide bonds. The van der Waals surface area contributed by atoms with Crippen LogP contribution in [0.15, 0.2) is 126 Å². The van der Waals surface area contributed by atoms with Crippen molar-refractivity contribution < 1.29 is 26.7 Å². The third-order valence-electron chi connectivity index (χ3n) is 4.87. The van der Waals surface area contributed by atoms with Gasteiger partial charge in [0.25, 0.3) is 0 Å². The molecule has 4 rings (SSSR count). The summed E-state index contributed by atoms with van der Waals surface area (Å²) in [4.78, 5) is 23.3. The predicted octanol–water partition coefficient (Wildman–Crippen LogP) is 6.94. The van der Waals surface area contributed by atoms with Gasteiger partial charge in [-0.05, 0) is 29.5 Å². The summed E-state index contributed by atoms with van der Waals surface area (Å²) < 4.78 is 0. The Morgan fingerprint density at radius 1 is 0.818 bits per heavy atom. The van der Waals surface area contributed by atoms with Crippen LogP contribution in [0.4, 0.5) is 0 Å². The van der Waals surface area contributed by atoms with E-state index in [2.05, 4.69) is 30.2 Å². The SMILES string of the molecule is O=C=C1C=CC=CC1C(=C=O)P(Cc1ccccc1)Cc1ccccc1.[CH3-].[Mn+2].c1cc[cH-]c1. The molecule has 0 fully saturated rings. The molecule has 3 aromatic rings. The Morgan fingerprint density at radius 2 is 1.36 bits per heavy atom. The van der Waals surface area contributed by atoms with Crippen molar-refractivity contribution in [1.82, 2.24) is 0 Å². The molecule has 33 heavy (non-hydrogen) atoms. The Kier molecular flexibility index (Phi) is 13.5. The van der Waals surface area contributed by atoms with E-state index in [1.807, 2.05) is 84.8 Å². The van der Waals surface area contributed by atoms with Gasteiger partial charge in [0.1, 0.15) is 11.9 Å². The second kappa shape index (κ2) is 15.8. The molecule has 167 valence electrons. The predicted molar refractivity (Wildman–Crippen MR) is 136 cm³/mol. The first-order valence-corrected chi connectivity index (χ1v) is 11.9. The molecule has 4 heteroatoms. The molecule has 0 bridgehead atoms. The van der Waals surface area contributed by atoms with Crippen LogP contribution in [0, 0.1) is 13.3 Å². The fourth-order valence-electron chi connectivity index (χ4n) is 3.36. The van der Waals surface area contributed by atoms with Crippen molar-refractivity contribution >= 4 is 19.8 Å². The molecule has 0 N–H and O–H groups in total. The van der Waals surface area contributed by atoms with Crippen molar-refractivity contribution in [1.29, 1.82) is 0 Å². The number of carbonyl (C=O) groups excluding carboxylic acids is 2. The van der Waals surface area contributed by atoms with E-state index in [4.69, 9.17) is 0 Å². The van der Waals surface area contributed by atoms with Gasteiger partial charge in [-0.25, -0.2) is 21.7 Å². The first kappa shape index (κ1) is 28.2. The maximum atomic E-state index is 11.9. The third kappa shape index (κ3) is 8.88. The average Bonchev–Trinajstić information content (AvgIpc) is 3.42. The Hall–Kier alpha value is -2.88. The van der Waals surface area contributed by atoms with Crippen LogP contribution < -0.4 is 0 Å². The molecular formula is C29H27MnO2P. The van der Waals surface area contributed by atoms with Crippen LogP contribution in [0.2, 0.25) is 0 Å². The number of benzene rings is 2. The molecule has 1 atom stereocenters. The zero-order valence-corrected chi connectivity index (χ0v) is 20.7.